The number of methoxy groups -OCH3 is 1. The number of anilines is 1. The largest absolute Gasteiger partial charge is 0.469 e. The van der Waals surface area contributed by atoms with Crippen molar-refractivity contribution in [2.45, 2.75) is 44.6 Å². The molecule has 1 aliphatic heterocycles. The smallest absolute Gasteiger partial charge is 0.309 e. The number of hydrogen-bond acceptors (Lipinski definition) is 5. The minimum absolute atomic E-state index is 0.139. The predicted molar refractivity (Wildman–Crippen MR) is 96.8 cm³/mol. The minimum Gasteiger partial charge on any atom is -0.469 e. The Morgan fingerprint density at radius 3 is 2.63 bits per heavy atom. The summed E-state index contributed by atoms with van der Waals surface area (Å²) >= 11 is 0. The Balaban J connectivity index is 1.74. The van der Waals surface area contributed by atoms with Crippen LogP contribution in [-0.4, -0.2) is 35.6 Å². The first-order valence-corrected chi connectivity index (χ1v) is 9.11. The first-order chi connectivity index (χ1) is 12.9. The second-order valence-corrected chi connectivity index (χ2v) is 7.18. The van der Waals surface area contributed by atoms with Gasteiger partial charge in [-0.05, 0) is 25.3 Å². The standard InChI is InChI=1S/C20H21F2N3O2/c1-12-8-10-25(12)19-23-17(15-7-9-20(21,22)18(15)24-19)14-5-3-13(4-6-14)11-16(26)27-2/h3-6,12H,7-11H2,1-2H3/t12-/m0/s1. The Morgan fingerprint density at radius 1 is 1.30 bits per heavy atom. The number of ether oxygens (including phenoxy) is 1. The van der Waals surface area contributed by atoms with Crippen LogP contribution in [0.2, 0.25) is 0 Å². The number of carbonyl (C=O) groups excluding carboxylic acids is 1. The molecular weight excluding hydrogens is 352 g/mol. The molecule has 27 heavy (non-hydrogen) atoms. The van der Waals surface area contributed by atoms with Gasteiger partial charge in [-0.25, -0.2) is 9.97 Å². The SMILES string of the molecule is COC(=O)Cc1ccc(-c2nc(N3CC[C@@H]3C)nc3c2CCC3(F)F)cc1. The average molecular weight is 373 g/mol. The topological polar surface area (TPSA) is 55.3 Å². The number of rotatable bonds is 4. The van der Waals surface area contributed by atoms with Crippen LogP contribution < -0.4 is 4.90 Å². The van der Waals surface area contributed by atoms with Gasteiger partial charge in [0.05, 0.1) is 19.2 Å². The Bertz CT molecular complexity index is 884. The second-order valence-electron chi connectivity index (χ2n) is 7.18. The van der Waals surface area contributed by atoms with E-state index in [-0.39, 0.29) is 37.0 Å². The van der Waals surface area contributed by atoms with Crippen molar-refractivity contribution in [1.29, 1.82) is 0 Å². The highest BCUT2D eigenvalue weighted by Crippen LogP contribution is 2.44. The molecule has 0 unspecified atom stereocenters. The molecular formula is C20H21F2N3O2. The zero-order valence-electron chi connectivity index (χ0n) is 15.3. The van der Waals surface area contributed by atoms with Crippen LogP contribution in [0.5, 0.6) is 0 Å². The van der Waals surface area contributed by atoms with Crippen LogP contribution in [0.1, 0.15) is 36.6 Å². The second kappa shape index (κ2) is 6.55. The van der Waals surface area contributed by atoms with Crippen LogP contribution >= 0.6 is 0 Å². The number of fused-ring (bicyclic) bond motifs is 1. The van der Waals surface area contributed by atoms with Crippen molar-refractivity contribution in [3.8, 4) is 11.3 Å². The summed E-state index contributed by atoms with van der Waals surface area (Å²) in [7, 11) is 1.35. The van der Waals surface area contributed by atoms with Gasteiger partial charge in [-0.2, -0.15) is 8.78 Å². The van der Waals surface area contributed by atoms with Gasteiger partial charge in [0, 0.05) is 30.1 Å². The predicted octanol–water partition coefficient (Wildman–Crippen LogP) is 3.50. The maximum Gasteiger partial charge on any atom is 0.309 e. The molecule has 1 aliphatic carbocycles. The lowest BCUT2D eigenvalue weighted by Gasteiger charge is -2.39. The number of carbonyl (C=O) groups is 1. The first-order valence-electron chi connectivity index (χ1n) is 9.11. The van der Waals surface area contributed by atoms with Crippen molar-refractivity contribution in [2.75, 3.05) is 18.6 Å². The monoisotopic (exact) mass is 373 g/mol. The summed E-state index contributed by atoms with van der Waals surface area (Å²) < 4.78 is 33.4. The molecule has 1 saturated heterocycles. The summed E-state index contributed by atoms with van der Waals surface area (Å²) in [5.41, 5.74) is 2.52. The number of hydrogen-bond donors (Lipinski definition) is 0. The molecule has 2 heterocycles. The van der Waals surface area contributed by atoms with Crippen molar-refractivity contribution in [3.05, 3.63) is 41.1 Å². The molecule has 4 rings (SSSR count). The van der Waals surface area contributed by atoms with E-state index >= 15 is 0 Å². The molecule has 1 fully saturated rings. The lowest BCUT2D eigenvalue weighted by molar-refractivity contribution is -0.139. The van der Waals surface area contributed by atoms with Crippen molar-refractivity contribution in [3.63, 3.8) is 0 Å². The van der Waals surface area contributed by atoms with Crippen LogP contribution in [0.25, 0.3) is 11.3 Å². The fraction of sp³-hybridized carbons (Fsp3) is 0.450. The molecule has 7 heteroatoms. The molecule has 0 saturated carbocycles. The van der Waals surface area contributed by atoms with Gasteiger partial charge in [-0.15, -0.1) is 0 Å². The first kappa shape index (κ1) is 17.8. The van der Waals surface area contributed by atoms with E-state index < -0.39 is 5.92 Å². The zero-order chi connectivity index (χ0) is 19.2. The molecule has 1 aromatic heterocycles. The van der Waals surface area contributed by atoms with Crippen LogP contribution in [0.15, 0.2) is 24.3 Å². The fourth-order valence-corrected chi connectivity index (χ4v) is 3.61. The van der Waals surface area contributed by atoms with Crippen LogP contribution in [-0.2, 0) is 28.3 Å². The van der Waals surface area contributed by atoms with Gasteiger partial charge < -0.3 is 9.64 Å². The summed E-state index contributed by atoms with van der Waals surface area (Å²) in [4.78, 5) is 22.3. The lowest BCUT2D eigenvalue weighted by atomic mass is 10.0. The molecule has 1 atom stereocenters. The number of nitrogens with zero attached hydrogens (tertiary/aromatic N) is 3. The van der Waals surface area contributed by atoms with E-state index in [2.05, 4.69) is 14.7 Å². The zero-order valence-corrected chi connectivity index (χ0v) is 15.3. The van der Waals surface area contributed by atoms with Gasteiger partial charge >= 0.3 is 5.97 Å². The third-order valence-electron chi connectivity index (χ3n) is 5.41. The number of aromatic nitrogens is 2. The Kier molecular flexibility index (Phi) is 4.32. The number of halogens is 2. The van der Waals surface area contributed by atoms with E-state index in [1.54, 1.807) is 12.1 Å². The molecule has 0 spiro atoms. The molecule has 5 nitrogen and oxygen atoms in total. The van der Waals surface area contributed by atoms with E-state index in [9.17, 15) is 13.6 Å². The van der Waals surface area contributed by atoms with Crippen LogP contribution in [0, 0.1) is 0 Å². The van der Waals surface area contributed by atoms with Gasteiger partial charge in [0.25, 0.3) is 5.92 Å². The molecule has 2 aromatic rings. The molecule has 0 amide bonds. The average Bonchev–Trinajstić information content (AvgIpc) is 2.95. The summed E-state index contributed by atoms with van der Waals surface area (Å²) in [5, 5.41) is 0. The van der Waals surface area contributed by atoms with Gasteiger partial charge in [-0.1, -0.05) is 24.3 Å². The van der Waals surface area contributed by atoms with Crippen molar-refractivity contribution in [2.24, 2.45) is 0 Å². The highest BCUT2D eigenvalue weighted by atomic mass is 19.3. The molecule has 142 valence electrons. The van der Waals surface area contributed by atoms with Crippen molar-refractivity contribution < 1.29 is 18.3 Å². The molecule has 0 bridgehead atoms. The molecule has 0 N–H and O–H groups in total. The van der Waals surface area contributed by atoms with Crippen molar-refractivity contribution >= 4 is 11.9 Å². The van der Waals surface area contributed by atoms with E-state index in [0.29, 0.717) is 17.2 Å². The van der Waals surface area contributed by atoms with Gasteiger partial charge in [-0.3, -0.25) is 4.79 Å². The number of esters is 1. The minimum atomic E-state index is -2.92. The summed E-state index contributed by atoms with van der Waals surface area (Å²) in [6, 6.07) is 7.51. The maximum absolute atomic E-state index is 14.4. The highest BCUT2D eigenvalue weighted by Gasteiger charge is 2.44. The highest BCUT2D eigenvalue weighted by molar-refractivity contribution is 5.73. The Morgan fingerprint density at radius 2 is 2.04 bits per heavy atom. The van der Waals surface area contributed by atoms with Crippen molar-refractivity contribution in [1.82, 2.24) is 9.97 Å². The molecule has 1 aromatic carbocycles. The lowest BCUT2D eigenvalue weighted by Crippen LogP contribution is -2.47. The Hall–Kier alpha value is -2.57. The van der Waals surface area contributed by atoms with Gasteiger partial charge in [0.2, 0.25) is 5.95 Å². The summed E-state index contributed by atoms with van der Waals surface area (Å²) in [6.07, 6.45) is 1.21. The maximum atomic E-state index is 14.4. The van der Waals surface area contributed by atoms with E-state index in [4.69, 9.17) is 0 Å². The molecule has 0 radical (unpaired) electrons. The van der Waals surface area contributed by atoms with Crippen LogP contribution in [0.3, 0.4) is 0 Å². The third-order valence-corrected chi connectivity index (χ3v) is 5.41. The quantitative estimate of drug-likeness (QED) is 0.768. The van der Waals surface area contributed by atoms with Crippen LogP contribution in [0.4, 0.5) is 14.7 Å². The summed E-state index contributed by atoms with van der Waals surface area (Å²) in [6.45, 7) is 2.82. The van der Waals surface area contributed by atoms with E-state index in [0.717, 1.165) is 24.1 Å². The molecule has 2 aliphatic rings. The fourth-order valence-electron chi connectivity index (χ4n) is 3.61. The van der Waals surface area contributed by atoms with E-state index in [1.165, 1.54) is 7.11 Å². The van der Waals surface area contributed by atoms with Gasteiger partial charge in [0.1, 0.15) is 5.69 Å². The Labute approximate surface area is 156 Å². The van der Waals surface area contributed by atoms with Gasteiger partial charge in [0.15, 0.2) is 0 Å². The number of benzene rings is 1. The summed E-state index contributed by atoms with van der Waals surface area (Å²) in [5.74, 6) is -2.86. The normalized spacial score (nSPS) is 20.1. The third kappa shape index (κ3) is 3.15. The van der Waals surface area contributed by atoms with E-state index in [1.807, 2.05) is 24.0 Å². The number of alkyl halides is 2.